The summed E-state index contributed by atoms with van der Waals surface area (Å²) in [6, 6.07) is 0. The summed E-state index contributed by atoms with van der Waals surface area (Å²) in [7, 11) is 0. The second-order valence-electron chi connectivity index (χ2n) is 9.01. The van der Waals surface area contributed by atoms with Gasteiger partial charge in [-0.05, 0) is 43.1 Å². The lowest BCUT2D eigenvalue weighted by molar-refractivity contribution is -0.246. The summed E-state index contributed by atoms with van der Waals surface area (Å²) in [6.45, 7) is 6.94. The van der Waals surface area contributed by atoms with Crippen molar-refractivity contribution in [1.82, 2.24) is 0 Å². The number of aliphatic hydroxyl groups excluding tert-OH is 1. The fraction of sp³-hybridized carbons (Fsp3) is 0.714. The largest absolute Gasteiger partial charge is 0.464 e. The lowest BCUT2D eigenvalue weighted by Crippen LogP contribution is -2.70. The molecule has 0 aromatic rings. The van der Waals surface area contributed by atoms with Gasteiger partial charge < -0.3 is 19.4 Å². The van der Waals surface area contributed by atoms with E-state index in [9.17, 15) is 24.3 Å². The molecule has 7 nitrogen and oxygen atoms in total. The first-order chi connectivity index (χ1) is 13.2. The molecule has 1 heterocycles. The Hall–Kier alpha value is -2.02. The molecule has 1 aliphatic heterocycles. The average molecular weight is 390 g/mol. The molecule has 7 heteroatoms. The molecule has 152 valence electrons. The fourth-order valence-corrected chi connectivity index (χ4v) is 6.69. The molecule has 8 atom stereocenters. The Morgan fingerprint density at radius 3 is 2.71 bits per heavy atom. The highest BCUT2D eigenvalue weighted by Crippen LogP contribution is 2.66. The number of ether oxygens (including phenoxy) is 2. The minimum absolute atomic E-state index is 0.0530. The quantitative estimate of drug-likeness (QED) is 0.327. The maximum absolute atomic E-state index is 13.2. The van der Waals surface area contributed by atoms with Crippen molar-refractivity contribution in [3.63, 3.8) is 0 Å². The van der Waals surface area contributed by atoms with E-state index in [4.69, 9.17) is 9.47 Å². The molecule has 2 spiro atoms. The highest BCUT2D eigenvalue weighted by Gasteiger charge is 2.75. The van der Waals surface area contributed by atoms with E-state index in [0.717, 1.165) is 6.29 Å². The monoisotopic (exact) mass is 390 g/mol. The van der Waals surface area contributed by atoms with Crippen LogP contribution in [0.3, 0.4) is 0 Å². The van der Waals surface area contributed by atoms with Crippen LogP contribution in [0.2, 0.25) is 0 Å². The SMILES string of the molecule is C=C1C(=O)[C@]23C[C@H]1C[C@@H](O)[C@H]2[C@]1(COC3=O)[C@@H](OC(C)=O)CC[C@H](C)[C@H]1C=O. The van der Waals surface area contributed by atoms with Crippen LogP contribution in [0.5, 0.6) is 0 Å². The number of ketones is 1. The molecular formula is C21H26O7. The topological polar surface area (TPSA) is 107 Å². The van der Waals surface area contributed by atoms with Gasteiger partial charge in [-0.2, -0.15) is 0 Å². The van der Waals surface area contributed by atoms with Gasteiger partial charge in [-0.25, -0.2) is 0 Å². The third kappa shape index (κ3) is 2.19. The molecule has 2 bridgehead atoms. The zero-order valence-electron chi connectivity index (χ0n) is 16.2. The highest BCUT2D eigenvalue weighted by molar-refractivity contribution is 6.15. The molecule has 0 aromatic carbocycles. The smallest absolute Gasteiger partial charge is 0.320 e. The van der Waals surface area contributed by atoms with E-state index < -0.39 is 52.6 Å². The Kier molecular flexibility index (Phi) is 4.30. The Morgan fingerprint density at radius 1 is 1.36 bits per heavy atom. The predicted molar refractivity (Wildman–Crippen MR) is 95.7 cm³/mol. The van der Waals surface area contributed by atoms with Crippen molar-refractivity contribution >= 4 is 24.0 Å². The van der Waals surface area contributed by atoms with Crippen LogP contribution < -0.4 is 0 Å². The molecule has 0 amide bonds. The number of allylic oxidation sites excluding steroid dienone is 1. The van der Waals surface area contributed by atoms with Gasteiger partial charge in [-0.3, -0.25) is 14.4 Å². The Balaban J connectivity index is 1.94. The second kappa shape index (κ2) is 6.24. The lowest BCUT2D eigenvalue weighted by atomic mass is 9.46. The zero-order valence-corrected chi connectivity index (χ0v) is 16.2. The minimum Gasteiger partial charge on any atom is -0.464 e. The molecule has 4 fully saturated rings. The van der Waals surface area contributed by atoms with Gasteiger partial charge in [0.1, 0.15) is 24.4 Å². The van der Waals surface area contributed by atoms with E-state index in [1.807, 2.05) is 6.92 Å². The van der Waals surface area contributed by atoms with Crippen LogP contribution in [0.15, 0.2) is 12.2 Å². The van der Waals surface area contributed by atoms with Crippen LogP contribution in [0, 0.1) is 34.5 Å². The molecule has 1 N–H and O–H groups in total. The summed E-state index contributed by atoms with van der Waals surface area (Å²) in [5.41, 5.74) is -2.33. The van der Waals surface area contributed by atoms with Crippen molar-refractivity contribution in [2.45, 2.75) is 51.7 Å². The number of hydrogen-bond donors (Lipinski definition) is 1. The van der Waals surface area contributed by atoms with E-state index >= 15 is 0 Å². The number of aldehydes is 1. The molecule has 0 aromatic heterocycles. The molecule has 4 aliphatic rings. The number of hydrogen-bond acceptors (Lipinski definition) is 7. The van der Waals surface area contributed by atoms with Crippen LogP contribution in [-0.4, -0.2) is 47.9 Å². The Labute approximate surface area is 163 Å². The van der Waals surface area contributed by atoms with Crippen molar-refractivity contribution in [3.05, 3.63) is 12.2 Å². The van der Waals surface area contributed by atoms with Gasteiger partial charge >= 0.3 is 11.9 Å². The number of cyclic esters (lactones) is 1. The second-order valence-corrected chi connectivity index (χ2v) is 9.01. The molecule has 3 aliphatic carbocycles. The molecule has 28 heavy (non-hydrogen) atoms. The molecule has 1 saturated heterocycles. The van der Waals surface area contributed by atoms with Gasteiger partial charge in [-0.1, -0.05) is 13.5 Å². The summed E-state index contributed by atoms with van der Waals surface area (Å²) in [6.07, 6.45) is 0.815. The summed E-state index contributed by atoms with van der Waals surface area (Å²) < 4.78 is 11.2. The van der Waals surface area contributed by atoms with Crippen LogP contribution >= 0.6 is 0 Å². The summed E-state index contributed by atoms with van der Waals surface area (Å²) in [5, 5.41) is 11.1. The van der Waals surface area contributed by atoms with Crippen molar-refractivity contribution < 1.29 is 33.8 Å². The number of aliphatic hydroxyl groups is 1. The van der Waals surface area contributed by atoms with Crippen LogP contribution in [0.4, 0.5) is 0 Å². The number of esters is 2. The third-order valence-electron chi connectivity index (χ3n) is 7.77. The van der Waals surface area contributed by atoms with Gasteiger partial charge in [0.2, 0.25) is 0 Å². The number of rotatable bonds is 2. The Bertz CT molecular complexity index is 773. The zero-order chi connectivity index (χ0) is 20.4. The van der Waals surface area contributed by atoms with E-state index in [2.05, 4.69) is 6.58 Å². The molecule has 0 radical (unpaired) electrons. The number of carbonyl (C=O) groups excluding carboxylic acids is 4. The minimum atomic E-state index is -1.55. The Morgan fingerprint density at radius 2 is 2.07 bits per heavy atom. The van der Waals surface area contributed by atoms with Gasteiger partial charge in [-0.15, -0.1) is 0 Å². The van der Waals surface area contributed by atoms with Gasteiger partial charge in [0, 0.05) is 18.8 Å². The first kappa shape index (κ1) is 19.3. The lowest BCUT2D eigenvalue weighted by Gasteiger charge is -2.60. The maximum Gasteiger partial charge on any atom is 0.320 e. The van der Waals surface area contributed by atoms with Crippen LogP contribution in [0.1, 0.15) is 39.5 Å². The number of Topliss-reactive ketones (excluding diaryl/α,β-unsaturated/α-hetero) is 1. The van der Waals surface area contributed by atoms with Gasteiger partial charge in [0.25, 0.3) is 0 Å². The first-order valence-electron chi connectivity index (χ1n) is 9.91. The summed E-state index contributed by atoms with van der Waals surface area (Å²) in [4.78, 5) is 50.2. The van der Waals surface area contributed by atoms with E-state index in [0.29, 0.717) is 24.8 Å². The molecule has 3 saturated carbocycles. The standard InChI is InChI=1S/C21H26O7/c1-10-4-5-16(28-12(3)23)21(14(10)8-22)9-27-19(26)20-7-13(11(2)18(20)25)6-15(24)17(20)21/h8,10,13-17,24H,2,4-7,9H2,1,3H3/t10-,13+,14+,15+,16-,17+,20-,21-/m0/s1. The predicted octanol–water partition coefficient (Wildman–Crippen LogP) is 1.22. The van der Waals surface area contributed by atoms with Gasteiger partial charge in [0.05, 0.1) is 11.5 Å². The van der Waals surface area contributed by atoms with Crippen LogP contribution in [-0.2, 0) is 28.7 Å². The highest BCUT2D eigenvalue weighted by atomic mass is 16.6. The third-order valence-corrected chi connectivity index (χ3v) is 7.77. The van der Waals surface area contributed by atoms with Gasteiger partial charge in [0.15, 0.2) is 5.78 Å². The van der Waals surface area contributed by atoms with E-state index in [1.165, 1.54) is 6.92 Å². The number of carbonyl (C=O) groups is 4. The summed E-state index contributed by atoms with van der Waals surface area (Å²) >= 11 is 0. The van der Waals surface area contributed by atoms with Crippen LogP contribution in [0.25, 0.3) is 0 Å². The van der Waals surface area contributed by atoms with Crippen molar-refractivity contribution in [1.29, 1.82) is 0 Å². The van der Waals surface area contributed by atoms with Crippen molar-refractivity contribution in [3.8, 4) is 0 Å². The fourth-order valence-electron chi connectivity index (χ4n) is 6.69. The molecular weight excluding hydrogens is 364 g/mol. The first-order valence-corrected chi connectivity index (χ1v) is 9.91. The van der Waals surface area contributed by atoms with Crippen molar-refractivity contribution in [2.24, 2.45) is 34.5 Å². The molecule has 0 unspecified atom stereocenters. The summed E-state index contributed by atoms with van der Waals surface area (Å²) in [5.74, 6) is -3.32. The number of fused-ring (bicyclic) bond motifs is 2. The molecule has 4 rings (SSSR count). The van der Waals surface area contributed by atoms with Crippen molar-refractivity contribution in [2.75, 3.05) is 6.61 Å². The van der Waals surface area contributed by atoms with E-state index in [-0.39, 0.29) is 24.9 Å². The normalized spacial score (nSPS) is 47.5. The van der Waals surface area contributed by atoms with E-state index in [1.54, 1.807) is 0 Å². The maximum atomic E-state index is 13.2. The average Bonchev–Trinajstić information content (AvgIpc) is 2.83.